The van der Waals surface area contributed by atoms with Crippen LogP contribution < -0.4 is 9.47 Å². The van der Waals surface area contributed by atoms with E-state index < -0.39 is 0 Å². The quantitative estimate of drug-likeness (QED) is 0.267. The Kier molecular flexibility index (Phi) is 21.8. The zero-order chi connectivity index (χ0) is 20.6. The van der Waals surface area contributed by atoms with Crippen molar-refractivity contribution in [1.82, 2.24) is 0 Å². The first kappa shape index (κ1) is 31.9. The van der Waals surface area contributed by atoms with E-state index in [-0.39, 0.29) is 43.2 Å². The zero-order valence-corrected chi connectivity index (χ0v) is 23.4. The summed E-state index contributed by atoms with van der Waals surface area (Å²) in [5, 5.41) is 0. The first-order chi connectivity index (χ1) is 13.6. The summed E-state index contributed by atoms with van der Waals surface area (Å²) in [6.07, 6.45) is 7.25. The molecule has 0 saturated carbocycles. The number of para-hydroxylation sites is 2. The minimum atomic E-state index is -0.0214. The second kappa shape index (κ2) is 20.6. The van der Waals surface area contributed by atoms with Gasteiger partial charge in [-0.3, -0.25) is 0 Å². The van der Waals surface area contributed by atoms with Crippen molar-refractivity contribution in [2.75, 3.05) is 13.3 Å². The summed E-state index contributed by atoms with van der Waals surface area (Å²) in [5.74, 6) is 2.64. The van der Waals surface area contributed by atoms with Gasteiger partial charge < -0.3 is 9.47 Å². The molecule has 172 valence electrons. The number of rotatable bonds is 11. The summed E-state index contributed by atoms with van der Waals surface area (Å²) in [6, 6.07) is 20.1. The van der Waals surface area contributed by atoms with Crippen LogP contribution in [0.2, 0.25) is 0 Å². The monoisotopic (exact) mass is 536 g/mol. The van der Waals surface area contributed by atoms with Crippen LogP contribution >= 0.6 is 46.5 Å². The lowest BCUT2D eigenvalue weighted by atomic mass is 10.2. The summed E-state index contributed by atoms with van der Waals surface area (Å²) in [7, 11) is 2.71. The van der Waals surface area contributed by atoms with Crippen molar-refractivity contribution in [2.45, 2.75) is 64.1 Å². The highest BCUT2D eigenvalue weighted by atomic mass is 79.9. The van der Waals surface area contributed by atoms with Crippen molar-refractivity contribution in [3.63, 3.8) is 0 Å². The Bertz CT molecular complexity index is 603. The third kappa shape index (κ3) is 15.5. The Hall–Kier alpha value is -0.330. The van der Waals surface area contributed by atoms with Crippen LogP contribution in [-0.4, -0.2) is 25.0 Å². The number of ether oxygens (including phenoxy) is 2. The summed E-state index contributed by atoms with van der Waals surface area (Å²) >= 11 is 0. The molecule has 0 fully saturated rings. The van der Waals surface area contributed by atoms with Gasteiger partial charge in [0.1, 0.15) is 23.2 Å². The van der Waals surface area contributed by atoms with E-state index in [9.17, 15) is 0 Å². The van der Waals surface area contributed by atoms with Gasteiger partial charge in [0.15, 0.2) is 0 Å². The molecule has 3 atom stereocenters. The van der Waals surface area contributed by atoms with Crippen LogP contribution in [0.3, 0.4) is 0 Å². The van der Waals surface area contributed by atoms with Gasteiger partial charge >= 0.3 is 0 Å². The Morgan fingerprint density at radius 2 is 1.20 bits per heavy atom. The molecule has 0 aliphatic carbocycles. The third-order valence-corrected chi connectivity index (χ3v) is 6.25. The molecule has 6 heteroatoms. The van der Waals surface area contributed by atoms with Crippen molar-refractivity contribution < 1.29 is 9.47 Å². The van der Waals surface area contributed by atoms with Crippen molar-refractivity contribution in [2.24, 2.45) is 0 Å². The lowest BCUT2D eigenvalue weighted by Gasteiger charge is -2.22. The Morgan fingerprint density at radius 3 is 1.63 bits per heavy atom. The molecule has 2 aromatic rings. The number of unbranched alkanes of at least 4 members (excludes halogenated alkanes) is 2. The highest BCUT2D eigenvalue weighted by Gasteiger charge is 2.13. The van der Waals surface area contributed by atoms with Crippen LogP contribution in [0.4, 0.5) is 0 Å². The van der Waals surface area contributed by atoms with E-state index in [4.69, 9.17) is 9.47 Å². The molecule has 0 amide bonds. The molecular weight excluding hydrogens is 498 g/mol. The van der Waals surface area contributed by atoms with Gasteiger partial charge in [-0.15, -0.1) is 29.4 Å². The topological polar surface area (TPSA) is 18.5 Å². The Labute approximate surface area is 205 Å². The Morgan fingerprint density at radius 1 is 0.767 bits per heavy atom. The standard InChI is InChI=1S/C13H21OP.C11H17OP.BrH.ClH/c1-4-5-11-13(15(2)3)14-12-9-7-6-8-10-12;1-2-3-9-11(13)12-10-7-5-4-6-8-10;;/h6-10,13H,4-5,11H2,1-3H3;4-8,11H,2-3,9,13H2,1H3;2*1H. The van der Waals surface area contributed by atoms with Gasteiger partial charge in [0, 0.05) is 0 Å². The van der Waals surface area contributed by atoms with Crippen LogP contribution in [0.5, 0.6) is 11.5 Å². The number of hydrogen-bond acceptors (Lipinski definition) is 2. The second-order valence-corrected chi connectivity index (χ2v) is 10.3. The average Bonchev–Trinajstić information content (AvgIpc) is 2.71. The first-order valence-electron chi connectivity index (χ1n) is 10.4. The fraction of sp³-hybridized carbons (Fsp3) is 0.500. The van der Waals surface area contributed by atoms with Crippen LogP contribution in [-0.2, 0) is 0 Å². The molecule has 0 bridgehead atoms. The van der Waals surface area contributed by atoms with Gasteiger partial charge in [0.2, 0.25) is 0 Å². The zero-order valence-electron chi connectivity index (χ0n) is 18.8. The number of hydrogen-bond donors (Lipinski definition) is 0. The molecule has 0 heterocycles. The molecule has 30 heavy (non-hydrogen) atoms. The maximum absolute atomic E-state index is 6.01. The predicted octanol–water partition coefficient (Wildman–Crippen LogP) is 8.78. The smallest absolute Gasteiger partial charge is 0.120 e. The van der Waals surface area contributed by atoms with Crippen molar-refractivity contribution >= 4 is 46.5 Å². The van der Waals surface area contributed by atoms with E-state index in [1.807, 2.05) is 60.7 Å². The molecule has 0 aromatic heterocycles. The molecule has 3 unspecified atom stereocenters. The molecule has 2 rings (SSSR count). The first-order valence-corrected chi connectivity index (χ1v) is 13.4. The maximum Gasteiger partial charge on any atom is 0.120 e. The summed E-state index contributed by atoms with van der Waals surface area (Å²) in [6.45, 7) is 9.00. The van der Waals surface area contributed by atoms with E-state index in [0.717, 1.165) is 17.9 Å². The average molecular weight is 538 g/mol. The minimum Gasteiger partial charge on any atom is -0.487 e. The number of halogens is 2. The molecular formula is C24H40BrClO2P2. The fourth-order valence-electron chi connectivity index (χ4n) is 2.60. The summed E-state index contributed by atoms with van der Waals surface area (Å²) < 4.78 is 11.7. The minimum absolute atomic E-state index is 0. The highest BCUT2D eigenvalue weighted by molar-refractivity contribution is 8.93. The molecule has 0 aliphatic heterocycles. The lowest BCUT2D eigenvalue weighted by molar-refractivity contribution is 0.268. The van der Waals surface area contributed by atoms with E-state index in [1.54, 1.807) is 0 Å². The molecule has 0 saturated heterocycles. The van der Waals surface area contributed by atoms with Crippen LogP contribution in [0.15, 0.2) is 60.7 Å². The summed E-state index contributed by atoms with van der Waals surface area (Å²) in [4.78, 5) is 0. The van der Waals surface area contributed by atoms with Gasteiger partial charge in [0.05, 0.1) is 0 Å². The van der Waals surface area contributed by atoms with E-state index >= 15 is 0 Å². The van der Waals surface area contributed by atoms with Gasteiger partial charge in [-0.25, -0.2) is 0 Å². The van der Waals surface area contributed by atoms with Crippen LogP contribution in [0.1, 0.15) is 52.4 Å². The molecule has 2 nitrogen and oxygen atoms in total. The van der Waals surface area contributed by atoms with Gasteiger partial charge in [-0.1, -0.05) is 80.2 Å². The molecule has 0 N–H and O–H groups in total. The molecule has 0 aliphatic rings. The van der Waals surface area contributed by atoms with E-state index in [1.165, 1.54) is 32.1 Å². The van der Waals surface area contributed by atoms with Crippen molar-refractivity contribution in [1.29, 1.82) is 0 Å². The van der Waals surface area contributed by atoms with Crippen LogP contribution in [0, 0.1) is 0 Å². The molecule has 2 aromatic carbocycles. The van der Waals surface area contributed by atoms with Gasteiger partial charge in [0.25, 0.3) is 0 Å². The van der Waals surface area contributed by atoms with E-state index in [0.29, 0.717) is 5.85 Å². The summed E-state index contributed by atoms with van der Waals surface area (Å²) in [5.41, 5.74) is 0. The predicted molar refractivity (Wildman–Crippen MR) is 147 cm³/mol. The fourth-order valence-corrected chi connectivity index (χ4v) is 4.02. The Balaban J connectivity index is 0. The van der Waals surface area contributed by atoms with Gasteiger partial charge in [-0.2, -0.15) is 0 Å². The normalized spacial score (nSPS) is 11.8. The lowest BCUT2D eigenvalue weighted by Crippen LogP contribution is -2.13. The third-order valence-electron chi connectivity index (χ3n) is 4.27. The van der Waals surface area contributed by atoms with Crippen molar-refractivity contribution in [3.8, 4) is 11.5 Å². The largest absolute Gasteiger partial charge is 0.487 e. The van der Waals surface area contributed by atoms with E-state index in [2.05, 4.69) is 36.4 Å². The molecule has 0 radical (unpaired) electrons. The van der Waals surface area contributed by atoms with Gasteiger partial charge in [-0.05, 0) is 63.3 Å². The highest BCUT2D eigenvalue weighted by Crippen LogP contribution is 2.36. The SMILES string of the molecule is Br.CCCCC(Oc1ccccc1)P(C)C.CCCCC(P)Oc1ccccc1.Cl. The van der Waals surface area contributed by atoms with Crippen LogP contribution in [0.25, 0.3) is 0 Å². The number of benzene rings is 2. The van der Waals surface area contributed by atoms with Crippen molar-refractivity contribution in [3.05, 3.63) is 60.7 Å². The maximum atomic E-state index is 6.01. The second-order valence-electron chi connectivity index (χ2n) is 7.10. The molecule has 0 spiro atoms.